The van der Waals surface area contributed by atoms with Gasteiger partial charge in [0.25, 0.3) is 0 Å². The van der Waals surface area contributed by atoms with Gasteiger partial charge in [-0.15, -0.1) is 11.3 Å². The number of aromatic nitrogens is 2. The standard InChI is InChI=1S/C13H11N3S/c1-14-12-11-10(9-5-3-2-4-6-9)7-17-13(11)16-8-15-12/h2-8H,1H3,(H,14,15,16). The molecule has 2 aromatic heterocycles. The average Bonchev–Trinajstić information content (AvgIpc) is 2.83. The van der Waals surface area contributed by atoms with Crippen molar-refractivity contribution in [1.29, 1.82) is 0 Å². The molecule has 0 fully saturated rings. The Labute approximate surface area is 103 Å². The van der Waals surface area contributed by atoms with E-state index in [1.54, 1.807) is 17.7 Å². The Hall–Kier alpha value is -1.94. The van der Waals surface area contributed by atoms with Crippen LogP contribution in [0.15, 0.2) is 42.0 Å². The van der Waals surface area contributed by atoms with Crippen molar-refractivity contribution >= 4 is 27.4 Å². The molecule has 3 nitrogen and oxygen atoms in total. The Morgan fingerprint density at radius 2 is 1.94 bits per heavy atom. The molecule has 4 heteroatoms. The van der Waals surface area contributed by atoms with Gasteiger partial charge in [-0.3, -0.25) is 0 Å². The minimum Gasteiger partial charge on any atom is -0.372 e. The van der Waals surface area contributed by atoms with Gasteiger partial charge in [0.1, 0.15) is 17.0 Å². The lowest BCUT2D eigenvalue weighted by Gasteiger charge is -2.03. The second-order valence-corrected chi connectivity index (χ2v) is 4.53. The molecule has 84 valence electrons. The molecule has 0 aliphatic heterocycles. The van der Waals surface area contributed by atoms with Crippen LogP contribution < -0.4 is 5.32 Å². The highest BCUT2D eigenvalue weighted by Crippen LogP contribution is 2.35. The first kappa shape index (κ1) is 10.2. The summed E-state index contributed by atoms with van der Waals surface area (Å²) in [5.41, 5.74) is 2.39. The molecular formula is C13H11N3S. The van der Waals surface area contributed by atoms with Gasteiger partial charge in [-0.1, -0.05) is 30.3 Å². The summed E-state index contributed by atoms with van der Waals surface area (Å²) in [5, 5.41) is 6.36. The maximum absolute atomic E-state index is 4.30. The molecule has 0 bridgehead atoms. The third-order valence-corrected chi connectivity index (χ3v) is 3.58. The van der Waals surface area contributed by atoms with E-state index in [9.17, 15) is 0 Å². The number of anilines is 1. The van der Waals surface area contributed by atoms with Gasteiger partial charge in [-0.25, -0.2) is 9.97 Å². The number of thiophene rings is 1. The van der Waals surface area contributed by atoms with Crippen molar-refractivity contribution < 1.29 is 0 Å². The highest BCUT2D eigenvalue weighted by atomic mass is 32.1. The Morgan fingerprint density at radius 3 is 2.71 bits per heavy atom. The minimum atomic E-state index is 0.884. The highest BCUT2D eigenvalue weighted by molar-refractivity contribution is 7.17. The molecule has 0 amide bonds. The van der Waals surface area contributed by atoms with Crippen LogP contribution >= 0.6 is 11.3 Å². The van der Waals surface area contributed by atoms with E-state index in [0.29, 0.717) is 0 Å². The Morgan fingerprint density at radius 1 is 1.12 bits per heavy atom. The van der Waals surface area contributed by atoms with Crippen LogP contribution in [0.3, 0.4) is 0 Å². The molecule has 1 aromatic carbocycles. The van der Waals surface area contributed by atoms with Crippen LogP contribution in [-0.2, 0) is 0 Å². The smallest absolute Gasteiger partial charge is 0.138 e. The van der Waals surface area contributed by atoms with Crippen LogP contribution in [0.2, 0.25) is 0 Å². The summed E-state index contributed by atoms with van der Waals surface area (Å²) < 4.78 is 0. The monoisotopic (exact) mass is 241 g/mol. The van der Waals surface area contributed by atoms with E-state index >= 15 is 0 Å². The molecule has 0 atom stereocenters. The average molecular weight is 241 g/mol. The molecular weight excluding hydrogens is 230 g/mol. The fourth-order valence-corrected chi connectivity index (χ4v) is 2.81. The molecule has 3 rings (SSSR count). The lowest BCUT2D eigenvalue weighted by Crippen LogP contribution is -1.93. The van der Waals surface area contributed by atoms with Gasteiger partial charge in [0.05, 0.1) is 5.39 Å². The zero-order valence-electron chi connectivity index (χ0n) is 9.34. The molecule has 0 aliphatic rings. The van der Waals surface area contributed by atoms with Crippen molar-refractivity contribution in [3.05, 3.63) is 42.0 Å². The van der Waals surface area contributed by atoms with Gasteiger partial charge in [-0.05, 0) is 5.56 Å². The van der Waals surface area contributed by atoms with Gasteiger partial charge >= 0.3 is 0 Å². The van der Waals surface area contributed by atoms with Crippen LogP contribution in [-0.4, -0.2) is 17.0 Å². The first-order chi connectivity index (χ1) is 8.40. The van der Waals surface area contributed by atoms with Crippen molar-refractivity contribution in [2.75, 3.05) is 12.4 Å². The van der Waals surface area contributed by atoms with Crippen LogP contribution in [0.1, 0.15) is 0 Å². The molecule has 1 N–H and O–H groups in total. The molecule has 0 saturated heterocycles. The van der Waals surface area contributed by atoms with E-state index in [1.807, 2.05) is 25.2 Å². The van der Waals surface area contributed by atoms with E-state index < -0.39 is 0 Å². The zero-order valence-corrected chi connectivity index (χ0v) is 10.2. The molecule has 17 heavy (non-hydrogen) atoms. The molecule has 0 unspecified atom stereocenters. The zero-order chi connectivity index (χ0) is 11.7. The lowest BCUT2D eigenvalue weighted by molar-refractivity contribution is 1.22. The van der Waals surface area contributed by atoms with Gasteiger partial charge in [0, 0.05) is 18.0 Å². The molecule has 0 aliphatic carbocycles. The number of benzene rings is 1. The Balaban J connectivity index is 2.31. The van der Waals surface area contributed by atoms with Crippen molar-refractivity contribution in [3.63, 3.8) is 0 Å². The first-order valence-electron chi connectivity index (χ1n) is 5.35. The second-order valence-electron chi connectivity index (χ2n) is 3.67. The number of hydrogen-bond donors (Lipinski definition) is 1. The molecule has 0 spiro atoms. The Kier molecular flexibility index (Phi) is 2.49. The van der Waals surface area contributed by atoms with Gasteiger partial charge in [0.15, 0.2) is 0 Å². The van der Waals surface area contributed by atoms with E-state index in [-0.39, 0.29) is 0 Å². The van der Waals surface area contributed by atoms with E-state index in [1.165, 1.54) is 11.1 Å². The van der Waals surface area contributed by atoms with Crippen molar-refractivity contribution in [3.8, 4) is 11.1 Å². The van der Waals surface area contributed by atoms with Crippen LogP contribution in [0.4, 0.5) is 5.82 Å². The predicted octanol–water partition coefficient (Wildman–Crippen LogP) is 3.40. The van der Waals surface area contributed by atoms with Gasteiger partial charge in [0.2, 0.25) is 0 Å². The summed E-state index contributed by atoms with van der Waals surface area (Å²) in [4.78, 5) is 9.59. The molecule has 3 aromatic rings. The van der Waals surface area contributed by atoms with Gasteiger partial charge < -0.3 is 5.32 Å². The summed E-state index contributed by atoms with van der Waals surface area (Å²) in [6, 6.07) is 10.3. The van der Waals surface area contributed by atoms with Crippen LogP contribution in [0, 0.1) is 0 Å². The summed E-state index contributed by atoms with van der Waals surface area (Å²) in [6.45, 7) is 0. The number of rotatable bonds is 2. The molecule has 0 radical (unpaired) electrons. The van der Waals surface area contributed by atoms with Crippen LogP contribution in [0.25, 0.3) is 21.3 Å². The first-order valence-corrected chi connectivity index (χ1v) is 6.23. The summed E-state index contributed by atoms with van der Waals surface area (Å²) in [5.74, 6) is 0.884. The number of hydrogen-bond acceptors (Lipinski definition) is 4. The largest absolute Gasteiger partial charge is 0.372 e. The maximum Gasteiger partial charge on any atom is 0.138 e. The lowest BCUT2D eigenvalue weighted by atomic mass is 10.1. The quantitative estimate of drug-likeness (QED) is 0.747. The van der Waals surface area contributed by atoms with Crippen molar-refractivity contribution in [2.45, 2.75) is 0 Å². The van der Waals surface area contributed by atoms with E-state index in [4.69, 9.17) is 0 Å². The minimum absolute atomic E-state index is 0.884. The summed E-state index contributed by atoms with van der Waals surface area (Å²) >= 11 is 1.65. The molecule has 0 saturated carbocycles. The molecule has 2 heterocycles. The summed E-state index contributed by atoms with van der Waals surface area (Å²) in [7, 11) is 1.88. The SMILES string of the molecule is CNc1ncnc2scc(-c3ccccc3)c12. The normalized spacial score (nSPS) is 10.6. The van der Waals surface area contributed by atoms with Gasteiger partial charge in [-0.2, -0.15) is 0 Å². The maximum atomic E-state index is 4.30. The number of nitrogens with zero attached hydrogens (tertiary/aromatic N) is 2. The number of nitrogens with one attached hydrogen (secondary N) is 1. The second kappa shape index (κ2) is 4.14. The topological polar surface area (TPSA) is 37.8 Å². The van der Waals surface area contributed by atoms with E-state index in [2.05, 4.69) is 32.8 Å². The fraction of sp³-hybridized carbons (Fsp3) is 0.0769. The van der Waals surface area contributed by atoms with Crippen molar-refractivity contribution in [1.82, 2.24) is 9.97 Å². The van der Waals surface area contributed by atoms with Crippen molar-refractivity contribution in [2.24, 2.45) is 0 Å². The summed E-state index contributed by atoms with van der Waals surface area (Å²) in [6.07, 6.45) is 1.60. The predicted molar refractivity (Wildman–Crippen MR) is 72.4 cm³/mol. The Bertz CT molecular complexity index is 646. The van der Waals surface area contributed by atoms with E-state index in [0.717, 1.165) is 16.0 Å². The highest BCUT2D eigenvalue weighted by Gasteiger charge is 2.11. The van der Waals surface area contributed by atoms with Crippen LogP contribution in [0.5, 0.6) is 0 Å². The fourth-order valence-electron chi connectivity index (χ4n) is 1.89. The third kappa shape index (κ3) is 1.66. The number of fused-ring (bicyclic) bond motifs is 1. The third-order valence-electron chi connectivity index (χ3n) is 2.69.